The van der Waals surface area contributed by atoms with Crippen LogP contribution in [0.15, 0.2) is 62.9 Å². The van der Waals surface area contributed by atoms with Crippen molar-refractivity contribution >= 4 is 11.8 Å². The van der Waals surface area contributed by atoms with Crippen LogP contribution < -0.4 is 0 Å². The molecule has 1 aliphatic carbocycles. The van der Waals surface area contributed by atoms with Crippen LogP contribution in [0.4, 0.5) is 13.2 Å². The lowest BCUT2D eigenvalue weighted by atomic mass is 9.91. The van der Waals surface area contributed by atoms with Gasteiger partial charge in [0.2, 0.25) is 0 Å². The van der Waals surface area contributed by atoms with Gasteiger partial charge in [-0.15, -0.1) is 0 Å². The van der Waals surface area contributed by atoms with E-state index in [1.54, 1.807) is 23.9 Å². The van der Waals surface area contributed by atoms with Crippen LogP contribution in [-0.4, -0.2) is 0 Å². The molecule has 0 amide bonds. The molecule has 27 heavy (non-hydrogen) atoms. The minimum Gasteiger partial charge on any atom is -0.166 e. The van der Waals surface area contributed by atoms with Gasteiger partial charge in [0, 0.05) is 9.80 Å². The number of thioether (sulfide) groups is 1. The first kappa shape index (κ1) is 21.9. The normalized spacial score (nSPS) is 18.0. The van der Waals surface area contributed by atoms with Gasteiger partial charge in [0.05, 0.1) is 5.56 Å². The Morgan fingerprint density at radius 1 is 1.15 bits per heavy atom. The molecule has 0 radical (unpaired) electrons. The summed E-state index contributed by atoms with van der Waals surface area (Å²) in [4.78, 5) is 2.08. The maximum absolute atomic E-state index is 12.8. The number of rotatable bonds is 6. The third-order valence-electron chi connectivity index (χ3n) is 4.57. The summed E-state index contributed by atoms with van der Waals surface area (Å²) in [6.07, 6.45) is 5.79. The van der Waals surface area contributed by atoms with Gasteiger partial charge in [-0.25, -0.2) is 0 Å². The quantitative estimate of drug-likeness (QED) is 0.465. The second-order valence-electron chi connectivity index (χ2n) is 7.51. The van der Waals surface area contributed by atoms with Gasteiger partial charge in [-0.2, -0.15) is 13.2 Å². The van der Waals surface area contributed by atoms with Crippen LogP contribution in [-0.2, 0) is 6.18 Å². The summed E-state index contributed by atoms with van der Waals surface area (Å²) < 4.78 is 38.5. The summed E-state index contributed by atoms with van der Waals surface area (Å²) in [5, 5.41) is 0. The summed E-state index contributed by atoms with van der Waals surface area (Å²) in [5.74, 6) is 0.513. The molecule has 0 heterocycles. The van der Waals surface area contributed by atoms with Crippen molar-refractivity contribution in [2.75, 3.05) is 0 Å². The van der Waals surface area contributed by atoms with Crippen LogP contribution in [0.3, 0.4) is 0 Å². The minimum atomic E-state index is -4.29. The van der Waals surface area contributed by atoms with Crippen molar-refractivity contribution in [1.29, 1.82) is 0 Å². The van der Waals surface area contributed by atoms with E-state index in [0.717, 1.165) is 37.0 Å². The smallest absolute Gasteiger partial charge is 0.166 e. The molecule has 0 saturated heterocycles. The predicted octanol–water partition coefficient (Wildman–Crippen LogP) is 8.56. The standard InChI is InChI=1S/C23H29F3S/c1-5-7-17(4)15-19-9-6-8-18(14-16(2)3)22(19)27-21-12-10-20(11-13-21)23(24,25)26/h10-15,17H,5-9H2,1-4H3/b19-15+. The van der Waals surface area contributed by atoms with Gasteiger partial charge in [0.15, 0.2) is 0 Å². The highest BCUT2D eigenvalue weighted by molar-refractivity contribution is 8.03. The van der Waals surface area contributed by atoms with Gasteiger partial charge in [0.25, 0.3) is 0 Å². The summed E-state index contributed by atoms with van der Waals surface area (Å²) in [7, 11) is 0. The van der Waals surface area contributed by atoms with E-state index >= 15 is 0 Å². The molecule has 1 aliphatic rings. The lowest BCUT2D eigenvalue weighted by Crippen LogP contribution is -2.04. The number of hydrogen-bond donors (Lipinski definition) is 0. The molecule has 148 valence electrons. The van der Waals surface area contributed by atoms with E-state index in [9.17, 15) is 13.2 Å². The molecule has 4 heteroatoms. The first-order valence-electron chi connectivity index (χ1n) is 9.65. The van der Waals surface area contributed by atoms with E-state index in [1.807, 2.05) is 0 Å². The Morgan fingerprint density at radius 2 is 1.81 bits per heavy atom. The lowest BCUT2D eigenvalue weighted by molar-refractivity contribution is -0.137. The molecule has 1 unspecified atom stereocenters. The molecule has 0 fully saturated rings. The van der Waals surface area contributed by atoms with Crippen LogP contribution in [0.2, 0.25) is 0 Å². The lowest BCUT2D eigenvalue weighted by Gasteiger charge is -2.23. The minimum absolute atomic E-state index is 0.513. The topological polar surface area (TPSA) is 0 Å². The van der Waals surface area contributed by atoms with Crippen LogP contribution in [0.25, 0.3) is 0 Å². The molecular formula is C23H29F3S. The molecule has 0 nitrogen and oxygen atoms in total. The Balaban J connectivity index is 2.38. The van der Waals surface area contributed by atoms with Gasteiger partial charge in [-0.05, 0) is 80.9 Å². The number of alkyl halides is 3. The van der Waals surface area contributed by atoms with E-state index in [2.05, 4.69) is 39.8 Å². The van der Waals surface area contributed by atoms with Crippen molar-refractivity contribution < 1.29 is 13.2 Å². The van der Waals surface area contributed by atoms with Crippen molar-refractivity contribution in [3.63, 3.8) is 0 Å². The van der Waals surface area contributed by atoms with E-state index < -0.39 is 11.7 Å². The van der Waals surface area contributed by atoms with Gasteiger partial charge in [-0.3, -0.25) is 0 Å². The molecule has 0 aromatic heterocycles. The number of halogens is 3. The molecule has 2 rings (SSSR count). The third-order valence-corrected chi connectivity index (χ3v) is 5.81. The van der Waals surface area contributed by atoms with Gasteiger partial charge in [-0.1, -0.05) is 49.8 Å². The molecule has 0 saturated carbocycles. The SMILES string of the molecule is CCCC(C)/C=C1\CCCC(C=C(C)C)=C1Sc1ccc(C(F)(F)F)cc1. The zero-order valence-corrected chi connectivity index (χ0v) is 17.4. The largest absolute Gasteiger partial charge is 0.416 e. The van der Waals surface area contributed by atoms with Crippen LogP contribution >= 0.6 is 11.8 Å². The van der Waals surface area contributed by atoms with Gasteiger partial charge in [0.1, 0.15) is 0 Å². The first-order valence-corrected chi connectivity index (χ1v) is 10.5. The maximum atomic E-state index is 12.8. The molecule has 0 aliphatic heterocycles. The van der Waals surface area contributed by atoms with Crippen LogP contribution in [0.5, 0.6) is 0 Å². The fourth-order valence-corrected chi connectivity index (χ4v) is 4.49. The average molecular weight is 395 g/mol. The number of benzene rings is 1. The second-order valence-corrected chi connectivity index (χ2v) is 8.60. The Bertz CT molecular complexity index is 717. The number of hydrogen-bond acceptors (Lipinski definition) is 1. The Kier molecular flexibility index (Phi) is 7.84. The van der Waals surface area contributed by atoms with E-state index in [-0.39, 0.29) is 0 Å². The second kappa shape index (κ2) is 9.68. The molecule has 1 aromatic rings. The summed E-state index contributed by atoms with van der Waals surface area (Å²) in [6.45, 7) is 8.61. The fourth-order valence-electron chi connectivity index (χ4n) is 3.39. The summed E-state index contributed by atoms with van der Waals surface area (Å²) >= 11 is 1.60. The van der Waals surface area contributed by atoms with E-state index in [4.69, 9.17) is 0 Å². The highest BCUT2D eigenvalue weighted by Crippen LogP contribution is 2.43. The fraction of sp³-hybridized carbons (Fsp3) is 0.478. The molecule has 0 N–H and O–H groups in total. The molecule has 0 bridgehead atoms. The number of allylic oxidation sites excluding steroid dienone is 5. The van der Waals surface area contributed by atoms with Crippen molar-refractivity contribution in [2.45, 2.75) is 70.9 Å². The van der Waals surface area contributed by atoms with Gasteiger partial charge >= 0.3 is 6.18 Å². The van der Waals surface area contributed by atoms with Crippen molar-refractivity contribution in [3.05, 3.63) is 63.6 Å². The molecule has 1 atom stereocenters. The highest BCUT2D eigenvalue weighted by Gasteiger charge is 2.30. The Labute approximate surface area is 165 Å². The summed E-state index contributed by atoms with van der Waals surface area (Å²) in [5.41, 5.74) is 3.31. The summed E-state index contributed by atoms with van der Waals surface area (Å²) in [6, 6.07) is 5.52. The average Bonchev–Trinajstić information content (AvgIpc) is 2.57. The molecule has 1 aromatic carbocycles. The predicted molar refractivity (Wildman–Crippen MR) is 110 cm³/mol. The van der Waals surface area contributed by atoms with Crippen LogP contribution in [0, 0.1) is 5.92 Å². The van der Waals surface area contributed by atoms with Crippen molar-refractivity contribution in [1.82, 2.24) is 0 Å². The molecule has 0 spiro atoms. The van der Waals surface area contributed by atoms with Crippen LogP contribution in [0.1, 0.15) is 65.4 Å². The van der Waals surface area contributed by atoms with E-state index in [1.165, 1.54) is 33.8 Å². The monoisotopic (exact) mass is 394 g/mol. The third kappa shape index (κ3) is 6.60. The zero-order valence-electron chi connectivity index (χ0n) is 16.6. The Morgan fingerprint density at radius 3 is 2.37 bits per heavy atom. The first-order chi connectivity index (χ1) is 12.7. The maximum Gasteiger partial charge on any atom is 0.416 e. The highest BCUT2D eigenvalue weighted by atomic mass is 32.2. The zero-order chi connectivity index (χ0) is 20.0. The van der Waals surface area contributed by atoms with Crippen molar-refractivity contribution in [2.24, 2.45) is 5.92 Å². The van der Waals surface area contributed by atoms with Gasteiger partial charge < -0.3 is 0 Å². The van der Waals surface area contributed by atoms with Crippen molar-refractivity contribution in [3.8, 4) is 0 Å². The molecular weight excluding hydrogens is 365 g/mol. The Hall–Kier alpha value is -1.42. The van der Waals surface area contributed by atoms with E-state index in [0.29, 0.717) is 5.92 Å².